The van der Waals surface area contributed by atoms with Crippen molar-refractivity contribution in [3.63, 3.8) is 0 Å². The average molecular weight is 421 g/mol. The summed E-state index contributed by atoms with van der Waals surface area (Å²) < 4.78 is 0. The first-order valence-electron chi connectivity index (χ1n) is 11.2. The third-order valence-corrected chi connectivity index (χ3v) is 6.20. The van der Waals surface area contributed by atoms with Crippen LogP contribution in [0.3, 0.4) is 0 Å². The monoisotopic (exact) mass is 420 g/mol. The largest absolute Gasteiger partial charge is 0.369 e. The van der Waals surface area contributed by atoms with E-state index < -0.39 is 0 Å². The lowest BCUT2D eigenvalue weighted by atomic mass is 10.1. The highest BCUT2D eigenvalue weighted by atomic mass is 16.2. The summed E-state index contributed by atoms with van der Waals surface area (Å²) in [7, 11) is 0. The Morgan fingerprint density at radius 3 is 2.71 bits per heavy atom. The van der Waals surface area contributed by atoms with Gasteiger partial charge in [0.25, 0.3) is 5.91 Å². The molecule has 4 rings (SSSR count). The number of benzene rings is 1. The first-order valence-corrected chi connectivity index (χ1v) is 11.2. The highest BCUT2D eigenvalue weighted by molar-refractivity contribution is 5.93. The molecule has 1 aliphatic heterocycles. The third-order valence-electron chi connectivity index (χ3n) is 6.20. The Labute approximate surface area is 183 Å². The summed E-state index contributed by atoms with van der Waals surface area (Å²) in [6.45, 7) is 10.6. The van der Waals surface area contributed by atoms with Gasteiger partial charge in [-0.1, -0.05) is 18.6 Å². The number of fused-ring (bicyclic) bond motifs is 1. The van der Waals surface area contributed by atoms with Gasteiger partial charge in [0.1, 0.15) is 0 Å². The maximum Gasteiger partial charge on any atom is 0.287 e. The number of amides is 1. The van der Waals surface area contributed by atoms with Gasteiger partial charge >= 0.3 is 0 Å². The number of hydrogen-bond donors (Lipinski definition) is 2. The average Bonchev–Trinajstić information content (AvgIpc) is 3.23. The number of aromatic nitrogens is 3. The van der Waals surface area contributed by atoms with Crippen molar-refractivity contribution in [1.29, 1.82) is 0 Å². The fourth-order valence-electron chi connectivity index (χ4n) is 4.17. The number of carbonyl (C=O) groups is 1. The van der Waals surface area contributed by atoms with Crippen molar-refractivity contribution in [2.24, 2.45) is 0 Å². The lowest BCUT2D eigenvalue weighted by Gasteiger charge is -2.37. The summed E-state index contributed by atoms with van der Waals surface area (Å²) in [5.74, 6) is 0.163. The molecule has 7 nitrogen and oxygen atoms in total. The highest BCUT2D eigenvalue weighted by Gasteiger charge is 2.18. The van der Waals surface area contributed by atoms with Gasteiger partial charge in [0.05, 0.1) is 5.52 Å². The molecule has 1 aliphatic rings. The van der Waals surface area contributed by atoms with Gasteiger partial charge in [-0.05, 0) is 62.6 Å². The highest BCUT2D eigenvalue weighted by Crippen LogP contribution is 2.23. The van der Waals surface area contributed by atoms with E-state index in [0.717, 1.165) is 57.5 Å². The van der Waals surface area contributed by atoms with E-state index in [9.17, 15) is 4.79 Å². The van der Waals surface area contributed by atoms with Crippen molar-refractivity contribution in [1.82, 2.24) is 25.2 Å². The normalized spacial score (nSPS) is 14.8. The van der Waals surface area contributed by atoms with E-state index in [2.05, 4.69) is 62.1 Å². The number of anilines is 1. The van der Waals surface area contributed by atoms with E-state index in [0.29, 0.717) is 18.0 Å². The Morgan fingerprint density at radius 1 is 1.06 bits per heavy atom. The zero-order valence-electron chi connectivity index (χ0n) is 18.5. The minimum absolute atomic E-state index is 0.166. The topological polar surface area (TPSA) is 77.2 Å². The molecule has 3 heterocycles. The molecule has 1 saturated heterocycles. The molecule has 31 heavy (non-hydrogen) atoms. The van der Waals surface area contributed by atoms with Gasteiger partial charge in [0, 0.05) is 44.6 Å². The number of imidazole rings is 1. The van der Waals surface area contributed by atoms with Crippen molar-refractivity contribution in [3.8, 4) is 0 Å². The van der Waals surface area contributed by atoms with Crippen molar-refractivity contribution < 1.29 is 4.79 Å². The number of piperazine rings is 1. The number of unbranched alkanes of at least 4 members (excludes halogenated alkanes) is 2. The summed E-state index contributed by atoms with van der Waals surface area (Å²) in [4.78, 5) is 28.7. The van der Waals surface area contributed by atoms with Crippen molar-refractivity contribution in [2.45, 2.75) is 33.1 Å². The molecule has 0 aliphatic carbocycles. The summed E-state index contributed by atoms with van der Waals surface area (Å²) in [6, 6.07) is 10.3. The molecular weight excluding hydrogens is 388 g/mol. The minimum Gasteiger partial charge on any atom is -0.369 e. The van der Waals surface area contributed by atoms with Crippen LogP contribution in [0.4, 0.5) is 5.69 Å². The summed E-state index contributed by atoms with van der Waals surface area (Å²) in [6.07, 6.45) is 4.92. The quantitative estimate of drug-likeness (QED) is 0.547. The lowest BCUT2D eigenvalue weighted by molar-refractivity contribution is 0.0943. The lowest BCUT2D eigenvalue weighted by Crippen LogP contribution is -2.46. The maximum absolute atomic E-state index is 12.2. The van der Waals surface area contributed by atoms with Crippen molar-refractivity contribution in [2.75, 3.05) is 44.2 Å². The molecule has 0 bridgehead atoms. The number of nitrogens with one attached hydrogen (secondary N) is 2. The molecule has 1 aromatic carbocycles. The fraction of sp³-hybridized carbons (Fsp3) is 0.458. The molecule has 1 amide bonds. The molecule has 0 saturated carbocycles. The van der Waals surface area contributed by atoms with Crippen LogP contribution in [0.5, 0.6) is 0 Å². The van der Waals surface area contributed by atoms with Crippen LogP contribution in [0.25, 0.3) is 11.2 Å². The molecule has 164 valence electrons. The van der Waals surface area contributed by atoms with Crippen LogP contribution in [0.2, 0.25) is 0 Å². The van der Waals surface area contributed by atoms with E-state index in [1.54, 1.807) is 6.20 Å². The Morgan fingerprint density at radius 2 is 1.90 bits per heavy atom. The van der Waals surface area contributed by atoms with Crippen LogP contribution >= 0.6 is 0 Å². The minimum atomic E-state index is -0.166. The Hall–Kier alpha value is -2.93. The number of aromatic amines is 1. The fourth-order valence-corrected chi connectivity index (χ4v) is 4.17. The number of pyridine rings is 1. The van der Waals surface area contributed by atoms with Crippen LogP contribution < -0.4 is 10.2 Å². The Balaban J connectivity index is 1.11. The third kappa shape index (κ3) is 5.22. The van der Waals surface area contributed by atoms with Crippen molar-refractivity contribution >= 4 is 22.8 Å². The van der Waals surface area contributed by atoms with E-state index >= 15 is 0 Å². The van der Waals surface area contributed by atoms with E-state index in [-0.39, 0.29) is 5.91 Å². The standard InChI is InChI=1S/C24H32N6O/c1-18-8-6-10-21(19(18)2)30-16-14-29(15-17-30)13-5-3-4-11-26-24(31)23-27-20-9-7-12-25-22(20)28-23/h6-10,12H,3-5,11,13-17H2,1-2H3,(H,26,31)(H,25,27,28). The van der Waals surface area contributed by atoms with Gasteiger partial charge < -0.3 is 15.2 Å². The van der Waals surface area contributed by atoms with Gasteiger partial charge in [-0.25, -0.2) is 9.97 Å². The van der Waals surface area contributed by atoms with Gasteiger partial charge in [-0.3, -0.25) is 9.69 Å². The predicted octanol–water partition coefficient (Wildman–Crippen LogP) is 3.30. The van der Waals surface area contributed by atoms with Crippen LogP contribution in [-0.4, -0.2) is 65.0 Å². The number of rotatable bonds is 8. The molecule has 7 heteroatoms. The van der Waals surface area contributed by atoms with Gasteiger partial charge in [-0.15, -0.1) is 0 Å². The van der Waals surface area contributed by atoms with Crippen LogP contribution in [0.1, 0.15) is 41.0 Å². The second kappa shape index (κ2) is 9.92. The predicted molar refractivity (Wildman–Crippen MR) is 125 cm³/mol. The van der Waals surface area contributed by atoms with E-state index in [1.807, 2.05) is 12.1 Å². The SMILES string of the molecule is Cc1cccc(N2CCN(CCCCCNC(=O)c3nc4ncccc4[nH]3)CC2)c1C. The molecule has 0 unspecified atom stereocenters. The molecule has 0 spiro atoms. The van der Waals surface area contributed by atoms with Crippen LogP contribution in [-0.2, 0) is 0 Å². The maximum atomic E-state index is 12.2. The molecule has 0 radical (unpaired) electrons. The van der Waals surface area contributed by atoms with Crippen LogP contribution in [0, 0.1) is 13.8 Å². The molecule has 2 N–H and O–H groups in total. The van der Waals surface area contributed by atoms with Gasteiger partial charge in [0.2, 0.25) is 0 Å². The summed E-state index contributed by atoms with van der Waals surface area (Å²) in [5.41, 5.74) is 5.51. The zero-order valence-corrected chi connectivity index (χ0v) is 18.5. The number of carbonyl (C=O) groups excluding carboxylic acids is 1. The second-order valence-electron chi connectivity index (χ2n) is 8.32. The molecule has 2 aromatic heterocycles. The van der Waals surface area contributed by atoms with Gasteiger partial charge in [0.15, 0.2) is 11.5 Å². The molecule has 0 atom stereocenters. The number of aryl methyl sites for hydroxylation is 1. The number of H-pyrrole nitrogens is 1. The van der Waals surface area contributed by atoms with Crippen molar-refractivity contribution in [3.05, 3.63) is 53.5 Å². The summed E-state index contributed by atoms with van der Waals surface area (Å²) >= 11 is 0. The Kier molecular flexibility index (Phi) is 6.82. The van der Waals surface area contributed by atoms with E-state index in [1.165, 1.54) is 16.8 Å². The molecule has 3 aromatic rings. The number of nitrogens with zero attached hydrogens (tertiary/aromatic N) is 4. The van der Waals surface area contributed by atoms with Gasteiger partial charge in [-0.2, -0.15) is 0 Å². The molecule has 1 fully saturated rings. The molecular formula is C24H32N6O. The van der Waals surface area contributed by atoms with E-state index in [4.69, 9.17) is 0 Å². The first kappa shape index (κ1) is 21.3. The smallest absolute Gasteiger partial charge is 0.287 e. The summed E-state index contributed by atoms with van der Waals surface area (Å²) in [5, 5.41) is 2.95. The second-order valence-corrected chi connectivity index (χ2v) is 8.32. The van der Waals surface area contributed by atoms with Crippen LogP contribution in [0.15, 0.2) is 36.5 Å². The Bertz CT molecular complexity index is 989. The number of hydrogen-bond acceptors (Lipinski definition) is 5. The zero-order chi connectivity index (χ0) is 21.6. The first-order chi connectivity index (χ1) is 15.1.